The van der Waals surface area contributed by atoms with E-state index < -0.39 is 0 Å². The lowest BCUT2D eigenvalue weighted by molar-refractivity contribution is 0.590. The van der Waals surface area contributed by atoms with Crippen molar-refractivity contribution in [2.75, 3.05) is 5.32 Å². The first kappa shape index (κ1) is 38.5. The van der Waals surface area contributed by atoms with Crippen molar-refractivity contribution >= 4 is 11.8 Å². The van der Waals surface area contributed by atoms with Crippen LogP contribution in [0.5, 0.6) is 0 Å². The van der Waals surface area contributed by atoms with Gasteiger partial charge in [-0.25, -0.2) is 15.0 Å². The van der Waals surface area contributed by atoms with Crippen LogP contribution < -0.4 is 5.32 Å². The third-order valence-corrected chi connectivity index (χ3v) is 11.8. The highest BCUT2D eigenvalue weighted by Crippen LogP contribution is 2.36. The van der Waals surface area contributed by atoms with E-state index in [9.17, 15) is 0 Å². The topological polar surface area (TPSA) is 50.7 Å². The summed E-state index contributed by atoms with van der Waals surface area (Å²) in [6.07, 6.45) is 4.51. The monoisotopic (exact) mass is 798 g/mol. The molecule has 1 atom stereocenters. The first-order valence-corrected chi connectivity index (χ1v) is 21.3. The molecule has 1 N–H and O–H groups in total. The molecule has 0 fully saturated rings. The summed E-state index contributed by atoms with van der Waals surface area (Å²) in [4.78, 5) is 15.3. The normalized spacial score (nSPS) is 13.3. The van der Waals surface area contributed by atoms with Crippen LogP contribution in [-0.4, -0.2) is 15.0 Å². The average Bonchev–Trinajstić information content (AvgIpc) is 3.34. The van der Waals surface area contributed by atoms with Gasteiger partial charge in [-0.05, 0) is 90.9 Å². The molecular formula is C58H46N4. The smallest absolute Gasteiger partial charge is 0.164 e. The van der Waals surface area contributed by atoms with Crippen LogP contribution >= 0.6 is 0 Å². The van der Waals surface area contributed by atoms with Crippen LogP contribution in [-0.2, 0) is 5.41 Å². The van der Waals surface area contributed by atoms with Crippen molar-refractivity contribution < 1.29 is 0 Å². The van der Waals surface area contributed by atoms with Crippen molar-refractivity contribution in [2.24, 2.45) is 0 Å². The van der Waals surface area contributed by atoms with E-state index in [2.05, 4.69) is 226 Å². The molecule has 10 rings (SSSR count). The van der Waals surface area contributed by atoms with Gasteiger partial charge in [0.2, 0.25) is 0 Å². The van der Waals surface area contributed by atoms with E-state index >= 15 is 0 Å². The summed E-state index contributed by atoms with van der Waals surface area (Å²) in [5, 5.41) is 3.75. The van der Waals surface area contributed by atoms with E-state index in [-0.39, 0.29) is 11.5 Å². The summed E-state index contributed by atoms with van der Waals surface area (Å²) in [6, 6.07) is 70.9. The first-order chi connectivity index (χ1) is 30.3. The fraction of sp³-hybridized carbons (Fsp3) is 0.0862. The van der Waals surface area contributed by atoms with E-state index in [1.54, 1.807) is 0 Å². The van der Waals surface area contributed by atoms with Crippen molar-refractivity contribution in [3.63, 3.8) is 0 Å². The number of hydrogen-bond donors (Lipinski definition) is 1. The number of rotatable bonds is 8. The molecule has 298 valence electrons. The number of benzene rings is 8. The highest BCUT2D eigenvalue weighted by atomic mass is 15.0. The van der Waals surface area contributed by atoms with Crippen LogP contribution in [0.2, 0.25) is 0 Å². The van der Waals surface area contributed by atoms with Crippen LogP contribution in [0.15, 0.2) is 206 Å². The van der Waals surface area contributed by atoms with Gasteiger partial charge in [-0.3, -0.25) is 0 Å². The molecule has 8 aromatic carbocycles. The largest absolute Gasteiger partial charge is 0.374 e. The molecule has 0 aliphatic carbocycles. The molecule has 4 nitrogen and oxygen atoms in total. The Kier molecular flexibility index (Phi) is 10.2. The van der Waals surface area contributed by atoms with E-state index in [0.29, 0.717) is 17.5 Å². The minimum atomic E-state index is 0.133. The van der Waals surface area contributed by atoms with E-state index in [0.717, 1.165) is 50.2 Å². The number of nitrogens with zero attached hydrogens (tertiary/aromatic N) is 3. The van der Waals surface area contributed by atoms with E-state index in [1.807, 2.05) is 12.1 Å². The summed E-state index contributed by atoms with van der Waals surface area (Å²) in [5.41, 5.74) is 17.0. The molecule has 0 spiro atoms. The number of nitrogens with one attached hydrogen (secondary N) is 1. The maximum absolute atomic E-state index is 5.11. The van der Waals surface area contributed by atoms with Crippen molar-refractivity contribution in [2.45, 2.75) is 32.2 Å². The second-order valence-electron chi connectivity index (χ2n) is 17.0. The number of anilines is 1. The van der Waals surface area contributed by atoms with Gasteiger partial charge < -0.3 is 5.32 Å². The molecule has 9 aromatic rings. The predicted octanol–water partition coefficient (Wildman–Crippen LogP) is 15.0. The Morgan fingerprint density at radius 1 is 0.371 bits per heavy atom. The highest BCUT2D eigenvalue weighted by Gasteiger charge is 2.19. The first-order valence-electron chi connectivity index (χ1n) is 21.3. The van der Waals surface area contributed by atoms with Crippen molar-refractivity contribution in [1.29, 1.82) is 0 Å². The molecule has 1 aliphatic rings. The minimum Gasteiger partial charge on any atom is -0.374 e. The van der Waals surface area contributed by atoms with Gasteiger partial charge in [0.25, 0.3) is 0 Å². The zero-order valence-electron chi connectivity index (χ0n) is 35.1. The predicted molar refractivity (Wildman–Crippen MR) is 258 cm³/mol. The van der Waals surface area contributed by atoms with Crippen LogP contribution in [0.4, 0.5) is 5.69 Å². The zero-order chi connectivity index (χ0) is 42.0. The van der Waals surface area contributed by atoms with Gasteiger partial charge in [-0.15, -0.1) is 0 Å². The van der Waals surface area contributed by atoms with Crippen molar-refractivity contribution in [1.82, 2.24) is 15.0 Å². The third-order valence-electron chi connectivity index (χ3n) is 11.8. The summed E-state index contributed by atoms with van der Waals surface area (Å²) in [6.45, 7) is 6.76. The fourth-order valence-corrected chi connectivity index (χ4v) is 8.18. The minimum absolute atomic E-state index is 0.133. The molecule has 1 unspecified atom stereocenters. The van der Waals surface area contributed by atoms with Crippen LogP contribution in [0, 0.1) is 0 Å². The lowest BCUT2D eigenvalue weighted by Gasteiger charge is -2.25. The molecule has 62 heavy (non-hydrogen) atoms. The van der Waals surface area contributed by atoms with E-state index in [4.69, 9.17) is 15.0 Å². The van der Waals surface area contributed by atoms with Crippen LogP contribution in [0.1, 0.15) is 43.5 Å². The number of aromatic nitrogens is 3. The summed E-state index contributed by atoms with van der Waals surface area (Å²) in [5.74, 6) is 1.88. The molecule has 0 saturated heterocycles. The van der Waals surface area contributed by atoms with Gasteiger partial charge >= 0.3 is 0 Å². The summed E-state index contributed by atoms with van der Waals surface area (Å²) < 4.78 is 0. The summed E-state index contributed by atoms with van der Waals surface area (Å²) in [7, 11) is 0. The standard InChI is InChI=1S/C58H46N4/c1-58(2,3)52-32-28-43(29-33-52)53-35-31-50-37-49(30-34-54(50)59-53)47-17-10-16-46(36-47)48-18-11-19-51(38-48)57-61-55(44-24-20-41(21-25-44)39-12-6-4-7-13-39)60-56(62-57)45-26-22-42(23-27-45)40-14-8-5-9-15-40/h4-38,53,59H,1-3H3. The zero-order valence-corrected chi connectivity index (χ0v) is 35.1. The molecule has 1 aliphatic heterocycles. The maximum atomic E-state index is 5.11. The average molecular weight is 799 g/mol. The molecular weight excluding hydrogens is 753 g/mol. The molecule has 0 bridgehead atoms. The maximum Gasteiger partial charge on any atom is 0.164 e. The van der Waals surface area contributed by atoms with Crippen LogP contribution in [0.3, 0.4) is 0 Å². The molecule has 4 heteroatoms. The molecule has 1 aromatic heterocycles. The molecule has 0 saturated carbocycles. The number of fused-ring (bicyclic) bond motifs is 1. The molecule has 0 amide bonds. The van der Waals surface area contributed by atoms with Crippen LogP contribution in [0.25, 0.3) is 84.7 Å². The Labute approximate surface area is 364 Å². The van der Waals surface area contributed by atoms with Crippen molar-refractivity contribution in [3.05, 3.63) is 223 Å². The van der Waals surface area contributed by atoms with Gasteiger partial charge in [0.05, 0.1) is 6.04 Å². The fourth-order valence-electron chi connectivity index (χ4n) is 8.18. The lowest BCUT2D eigenvalue weighted by atomic mass is 9.86. The Hall–Kier alpha value is -7.69. The quantitative estimate of drug-likeness (QED) is 0.166. The highest BCUT2D eigenvalue weighted by molar-refractivity contribution is 5.81. The van der Waals surface area contributed by atoms with Gasteiger partial charge in [-0.1, -0.05) is 209 Å². The molecule has 0 radical (unpaired) electrons. The second-order valence-corrected chi connectivity index (χ2v) is 17.0. The Morgan fingerprint density at radius 2 is 0.774 bits per heavy atom. The van der Waals surface area contributed by atoms with Gasteiger partial charge in [0, 0.05) is 22.4 Å². The van der Waals surface area contributed by atoms with Gasteiger partial charge in [0.1, 0.15) is 0 Å². The Morgan fingerprint density at radius 3 is 1.29 bits per heavy atom. The second kappa shape index (κ2) is 16.4. The lowest BCUT2D eigenvalue weighted by Crippen LogP contribution is -2.14. The third kappa shape index (κ3) is 8.11. The van der Waals surface area contributed by atoms with Crippen molar-refractivity contribution in [3.8, 4) is 78.7 Å². The summed E-state index contributed by atoms with van der Waals surface area (Å²) >= 11 is 0. The SMILES string of the molecule is CC(C)(C)c1ccc(C2C=Cc3cc(-c4cccc(-c5cccc(-c6nc(-c7ccc(-c8ccccc8)cc7)nc(-c7ccc(-c8ccccc8)cc7)n6)c5)c4)ccc3N2)cc1. The van der Waals surface area contributed by atoms with Gasteiger partial charge in [-0.2, -0.15) is 0 Å². The van der Waals surface area contributed by atoms with Gasteiger partial charge in [0.15, 0.2) is 17.5 Å². The molecule has 2 heterocycles. The Bertz CT molecular complexity index is 2940. The Balaban J connectivity index is 0.955. The van der Waals surface area contributed by atoms with E-state index in [1.165, 1.54) is 33.4 Å². The number of hydrogen-bond acceptors (Lipinski definition) is 4.